The van der Waals surface area contributed by atoms with Crippen LogP contribution in [0.25, 0.3) is 0 Å². The SMILES string of the molecule is COP(=O)(OC)[C@@H](O)[C@@H](C)c1ccc(Br)cc1. The second-order valence-corrected chi connectivity index (χ2v) is 6.91. The standard InChI is InChI=1S/C11H16BrO4P/c1-8(9-4-6-10(12)7-5-9)11(13)17(14,15-2)16-3/h4-8,11,13H,1-3H3/t8-,11+/m0/s1. The molecule has 0 aliphatic carbocycles. The van der Waals surface area contributed by atoms with E-state index in [1.807, 2.05) is 24.3 Å². The molecule has 0 aliphatic heterocycles. The maximum atomic E-state index is 12.0. The maximum Gasteiger partial charge on any atom is 0.358 e. The van der Waals surface area contributed by atoms with E-state index in [9.17, 15) is 9.67 Å². The Kier molecular flexibility index (Phi) is 5.35. The number of rotatable bonds is 5. The average Bonchev–Trinajstić information content (AvgIpc) is 2.37. The molecule has 0 heterocycles. The number of aliphatic hydroxyl groups excluding tert-OH is 1. The van der Waals surface area contributed by atoms with Crippen LogP contribution in [-0.4, -0.2) is 25.2 Å². The highest BCUT2D eigenvalue weighted by Gasteiger charge is 2.37. The Balaban J connectivity index is 2.93. The summed E-state index contributed by atoms with van der Waals surface area (Å²) in [7, 11) is -0.930. The number of hydrogen-bond acceptors (Lipinski definition) is 4. The summed E-state index contributed by atoms with van der Waals surface area (Å²) < 4.78 is 22.6. The van der Waals surface area contributed by atoms with E-state index in [-0.39, 0.29) is 5.92 Å². The predicted molar refractivity (Wildman–Crippen MR) is 70.2 cm³/mol. The van der Waals surface area contributed by atoms with Crippen LogP contribution in [0, 0.1) is 0 Å². The van der Waals surface area contributed by atoms with Gasteiger partial charge < -0.3 is 14.2 Å². The smallest absolute Gasteiger partial charge is 0.358 e. The van der Waals surface area contributed by atoms with Crippen LogP contribution in [-0.2, 0) is 13.6 Å². The highest BCUT2D eigenvalue weighted by atomic mass is 79.9. The van der Waals surface area contributed by atoms with E-state index in [4.69, 9.17) is 9.05 Å². The zero-order valence-electron chi connectivity index (χ0n) is 9.96. The second kappa shape index (κ2) is 6.12. The van der Waals surface area contributed by atoms with Gasteiger partial charge in [0.15, 0.2) is 5.85 Å². The van der Waals surface area contributed by atoms with Gasteiger partial charge in [-0.25, -0.2) is 0 Å². The Morgan fingerprint density at radius 2 is 1.71 bits per heavy atom. The molecule has 0 aliphatic rings. The molecule has 17 heavy (non-hydrogen) atoms. The lowest BCUT2D eigenvalue weighted by atomic mass is 10.0. The van der Waals surface area contributed by atoms with E-state index in [2.05, 4.69) is 15.9 Å². The summed E-state index contributed by atoms with van der Waals surface area (Å²) in [6.07, 6.45) is 0. The minimum atomic E-state index is -3.46. The maximum absolute atomic E-state index is 12.0. The Hall–Kier alpha value is -0.190. The molecule has 0 saturated carbocycles. The number of aliphatic hydroxyl groups is 1. The van der Waals surface area contributed by atoms with Gasteiger partial charge in [-0.2, -0.15) is 0 Å². The fraction of sp³-hybridized carbons (Fsp3) is 0.455. The van der Waals surface area contributed by atoms with Gasteiger partial charge in [0.05, 0.1) is 0 Å². The summed E-state index contributed by atoms with van der Waals surface area (Å²) in [5.41, 5.74) is 0.870. The summed E-state index contributed by atoms with van der Waals surface area (Å²) in [5.74, 6) is -1.52. The van der Waals surface area contributed by atoms with Crippen LogP contribution in [0.1, 0.15) is 18.4 Å². The van der Waals surface area contributed by atoms with Crippen LogP contribution in [0.3, 0.4) is 0 Å². The van der Waals surface area contributed by atoms with Crippen molar-refractivity contribution in [2.75, 3.05) is 14.2 Å². The fourth-order valence-electron chi connectivity index (χ4n) is 1.50. The first-order valence-corrected chi connectivity index (χ1v) is 7.50. The molecule has 96 valence electrons. The lowest BCUT2D eigenvalue weighted by molar-refractivity contribution is 0.158. The molecule has 1 aromatic rings. The summed E-state index contributed by atoms with van der Waals surface area (Å²) in [6.45, 7) is 1.78. The summed E-state index contributed by atoms with van der Waals surface area (Å²) in [5, 5.41) is 10.0. The van der Waals surface area contributed by atoms with Crippen LogP contribution in [0.2, 0.25) is 0 Å². The van der Waals surface area contributed by atoms with E-state index in [0.29, 0.717) is 0 Å². The Morgan fingerprint density at radius 3 is 2.12 bits per heavy atom. The van der Waals surface area contributed by atoms with Crippen molar-refractivity contribution < 1.29 is 18.7 Å². The highest BCUT2D eigenvalue weighted by Crippen LogP contribution is 2.54. The minimum absolute atomic E-state index is 0.339. The molecule has 0 amide bonds. The quantitative estimate of drug-likeness (QED) is 0.844. The van der Waals surface area contributed by atoms with Crippen LogP contribution >= 0.6 is 23.5 Å². The van der Waals surface area contributed by atoms with Crippen molar-refractivity contribution in [3.63, 3.8) is 0 Å². The summed E-state index contributed by atoms with van der Waals surface area (Å²) in [4.78, 5) is 0. The zero-order chi connectivity index (χ0) is 13.1. The first-order valence-electron chi connectivity index (χ1n) is 5.09. The zero-order valence-corrected chi connectivity index (χ0v) is 12.4. The van der Waals surface area contributed by atoms with Gasteiger partial charge in [-0.15, -0.1) is 0 Å². The van der Waals surface area contributed by atoms with E-state index < -0.39 is 13.4 Å². The molecule has 0 radical (unpaired) electrons. The lowest BCUT2D eigenvalue weighted by Gasteiger charge is -2.25. The number of halogens is 1. The third kappa shape index (κ3) is 3.39. The molecular weight excluding hydrogens is 307 g/mol. The Labute approximate surface area is 110 Å². The van der Waals surface area contributed by atoms with Crippen molar-refractivity contribution in [2.24, 2.45) is 0 Å². The van der Waals surface area contributed by atoms with Gasteiger partial charge in [-0.3, -0.25) is 4.57 Å². The van der Waals surface area contributed by atoms with Crippen LogP contribution in [0.15, 0.2) is 28.7 Å². The van der Waals surface area contributed by atoms with Crippen molar-refractivity contribution in [1.82, 2.24) is 0 Å². The molecule has 0 saturated heterocycles. The second-order valence-electron chi connectivity index (χ2n) is 3.66. The molecule has 0 fully saturated rings. The van der Waals surface area contributed by atoms with Crippen LogP contribution in [0.5, 0.6) is 0 Å². The van der Waals surface area contributed by atoms with Gasteiger partial charge in [0.1, 0.15) is 0 Å². The third-order valence-corrected chi connectivity index (χ3v) is 5.32. The number of benzene rings is 1. The largest absolute Gasteiger partial charge is 0.380 e. The molecule has 6 heteroatoms. The monoisotopic (exact) mass is 322 g/mol. The van der Waals surface area contributed by atoms with Crippen LogP contribution in [0.4, 0.5) is 0 Å². The Bertz CT molecular complexity index is 398. The first-order chi connectivity index (χ1) is 7.94. The molecule has 0 unspecified atom stereocenters. The lowest BCUT2D eigenvalue weighted by Crippen LogP contribution is -2.18. The summed E-state index contributed by atoms with van der Waals surface area (Å²) >= 11 is 3.33. The van der Waals surface area contributed by atoms with E-state index in [1.54, 1.807) is 6.92 Å². The van der Waals surface area contributed by atoms with Crippen molar-refractivity contribution in [2.45, 2.75) is 18.7 Å². The van der Waals surface area contributed by atoms with Gasteiger partial charge in [0.2, 0.25) is 0 Å². The molecule has 0 aromatic heterocycles. The summed E-state index contributed by atoms with van der Waals surface area (Å²) in [6, 6.07) is 7.44. The molecule has 1 N–H and O–H groups in total. The van der Waals surface area contributed by atoms with Crippen molar-refractivity contribution in [3.8, 4) is 0 Å². The first kappa shape index (κ1) is 14.9. The molecule has 2 atom stereocenters. The molecule has 0 bridgehead atoms. The number of hydrogen-bond donors (Lipinski definition) is 1. The Morgan fingerprint density at radius 1 is 1.24 bits per heavy atom. The van der Waals surface area contributed by atoms with Crippen molar-refractivity contribution in [3.05, 3.63) is 34.3 Å². The third-order valence-electron chi connectivity index (χ3n) is 2.68. The molecule has 0 spiro atoms. The van der Waals surface area contributed by atoms with Gasteiger partial charge in [-0.1, -0.05) is 35.0 Å². The molecular formula is C11H16BrO4P. The topological polar surface area (TPSA) is 55.8 Å². The van der Waals surface area contributed by atoms with E-state index >= 15 is 0 Å². The average molecular weight is 323 g/mol. The highest BCUT2D eigenvalue weighted by molar-refractivity contribution is 9.10. The normalized spacial score (nSPS) is 15.6. The van der Waals surface area contributed by atoms with E-state index in [1.165, 1.54) is 14.2 Å². The molecule has 1 aromatic carbocycles. The van der Waals surface area contributed by atoms with Gasteiger partial charge >= 0.3 is 7.60 Å². The van der Waals surface area contributed by atoms with Gasteiger partial charge in [0.25, 0.3) is 0 Å². The van der Waals surface area contributed by atoms with Gasteiger partial charge in [0, 0.05) is 24.6 Å². The van der Waals surface area contributed by atoms with E-state index in [0.717, 1.165) is 10.0 Å². The molecule has 4 nitrogen and oxygen atoms in total. The minimum Gasteiger partial charge on any atom is -0.380 e. The van der Waals surface area contributed by atoms with Crippen LogP contribution < -0.4 is 0 Å². The van der Waals surface area contributed by atoms with Crippen molar-refractivity contribution in [1.29, 1.82) is 0 Å². The van der Waals surface area contributed by atoms with Crippen molar-refractivity contribution >= 4 is 23.5 Å². The van der Waals surface area contributed by atoms with Gasteiger partial charge in [-0.05, 0) is 17.7 Å². The fourth-order valence-corrected chi connectivity index (χ4v) is 3.07. The predicted octanol–water partition coefficient (Wildman–Crippen LogP) is 3.36. The molecule has 1 rings (SSSR count).